The topological polar surface area (TPSA) is 51.8 Å². The fraction of sp³-hybridized carbons (Fsp3) is 0.133. The summed E-state index contributed by atoms with van der Waals surface area (Å²) in [5.74, 6) is 1.92. The molecule has 9 aromatic rings. The van der Waals surface area contributed by atoms with Crippen molar-refractivity contribution in [2.45, 2.75) is 38.5 Å². The summed E-state index contributed by atoms with van der Waals surface area (Å²) in [7, 11) is 0. The summed E-state index contributed by atoms with van der Waals surface area (Å²) < 4.78 is 8.94. The summed E-state index contributed by atoms with van der Waals surface area (Å²) in [5, 5.41) is 4.70. The first-order valence-corrected chi connectivity index (χ1v) is 17.9. The van der Waals surface area contributed by atoms with Gasteiger partial charge in [0.05, 0.1) is 0 Å². The second kappa shape index (κ2) is 10.4. The van der Waals surface area contributed by atoms with Gasteiger partial charge in [-0.25, -0.2) is 15.0 Å². The van der Waals surface area contributed by atoms with Crippen LogP contribution in [0.2, 0.25) is 0 Å². The average Bonchev–Trinajstić information content (AvgIpc) is 3.72. The molecule has 1 aliphatic carbocycles. The predicted octanol–water partition coefficient (Wildman–Crippen LogP) is 12.4. The fourth-order valence-electron chi connectivity index (χ4n) is 7.97. The lowest BCUT2D eigenvalue weighted by molar-refractivity contribution is 0.299. The molecule has 5 heteroatoms. The number of benzene rings is 6. The Kier molecular flexibility index (Phi) is 6.11. The fourth-order valence-corrected chi connectivity index (χ4v) is 9.24. The third-order valence-corrected chi connectivity index (χ3v) is 12.5. The molecule has 0 aliphatic heterocycles. The van der Waals surface area contributed by atoms with E-state index in [1.54, 1.807) is 0 Å². The number of rotatable bonds is 3. The second-order valence-corrected chi connectivity index (χ2v) is 15.5. The number of hydrogen-bond donors (Lipinski definition) is 0. The molecular formula is C45H33N3OS. The zero-order chi connectivity index (χ0) is 33.8. The van der Waals surface area contributed by atoms with Crippen LogP contribution in [-0.2, 0) is 10.8 Å². The molecule has 50 heavy (non-hydrogen) atoms. The van der Waals surface area contributed by atoms with Crippen molar-refractivity contribution in [3.8, 4) is 45.3 Å². The Bertz CT molecular complexity index is 2820. The molecule has 0 fully saturated rings. The van der Waals surface area contributed by atoms with Crippen molar-refractivity contribution in [2.75, 3.05) is 0 Å². The van der Waals surface area contributed by atoms with Crippen LogP contribution in [0.25, 0.3) is 87.4 Å². The number of nitrogens with zero attached hydrogens (tertiary/aromatic N) is 3. The maximum absolute atomic E-state index is 6.26. The Hall–Kier alpha value is -5.65. The van der Waals surface area contributed by atoms with Crippen molar-refractivity contribution in [1.82, 2.24) is 15.0 Å². The number of hydrogen-bond acceptors (Lipinski definition) is 5. The van der Waals surface area contributed by atoms with Crippen LogP contribution >= 0.6 is 11.3 Å². The SMILES string of the molecule is CC1(C)c2cc(-c3nc(-c4ccccc4)nc(-c4cccc5oc6ccccc6c45)n3)ccc2-c2c(ccc3c2sc2ccccc23)C1(C)C. The molecule has 240 valence electrons. The molecule has 3 heterocycles. The minimum atomic E-state index is -0.172. The van der Waals surface area contributed by atoms with Crippen molar-refractivity contribution >= 4 is 53.4 Å². The van der Waals surface area contributed by atoms with Crippen LogP contribution in [0.5, 0.6) is 0 Å². The third kappa shape index (κ3) is 4.07. The molecule has 0 atom stereocenters. The molecule has 0 saturated carbocycles. The lowest BCUT2D eigenvalue weighted by atomic mass is 9.55. The Morgan fingerprint density at radius 2 is 1.18 bits per heavy atom. The van der Waals surface area contributed by atoms with Crippen molar-refractivity contribution < 1.29 is 4.42 Å². The highest BCUT2D eigenvalue weighted by Crippen LogP contribution is 2.57. The van der Waals surface area contributed by atoms with E-state index in [1.165, 1.54) is 42.4 Å². The molecule has 10 rings (SSSR count). The van der Waals surface area contributed by atoms with Gasteiger partial charge in [0.2, 0.25) is 0 Å². The monoisotopic (exact) mass is 663 g/mol. The van der Waals surface area contributed by atoms with Gasteiger partial charge in [-0.2, -0.15) is 0 Å². The Labute approximate surface area is 294 Å². The van der Waals surface area contributed by atoms with Gasteiger partial charge >= 0.3 is 0 Å². The molecule has 3 aromatic heterocycles. The summed E-state index contributed by atoms with van der Waals surface area (Å²) >= 11 is 1.90. The van der Waals surface area contributed by atoms with Crippen LogP contribution in [0.15, 0.2) is 132 Å². The van der Waals surface area contributed by atoms with E-state index in [1.807, 2.05) is 59.9 Å². The molecule has 4 nitrogen and oxygen atoms in total. The number of thiophene rings is 1. The van der Waals surface area contributed by atoms with Gasteiger partial charge in [0.25, 0.3) is 0 Å². The minimum absolute atomic E-state index is 0.129. The first-order chi connectivity index (χ1) is 24.3. The van der Waals surface area contributed by atoms with E-state index >= 15 is 0 Å². The normalized spacial score (nSPS) is 14.7. The molecule has 0 spiro atoms. The van der Waals surface area contributed by atoms with Gasteiger partial charge in [-0.15, -0.1) is 11.3 Å². The predicted molar refractivity (Wildman–Crippen MR) is 208 cm³/mol. The van der Waals surface area contributed by atoms with Crippen molar-refractivity contribution in [3.05, 3.63) is 139 Å². The molecule has 0 N–H and O–H groups in total. The summed E-state index contributed by atoms with van der Waals surface area (Å²) in [6.45, 7) is 9.55. The number of fused-ring (bicyclic) bond motifs is 10. The van der Waals surface area contributed by atoms with Crippen LogP contribution in [0, 0.1) is 0 Å². The Balaban J connectivity index is 1.22. The molecule has 6 aromatic carbocycles. The maximum atomic E-state index is 6.26. The van der Waals surface area contributed by atoms with Crippen LogP contribution < -0.4 is 0 Å². The van der Waals surface area contributed by atoms with Crippen LogP contribution in [-0.4, -0.2) is 15.0 Å². The van der Waals surface area contributed by atoms with Gasteiger partial charge < -0.3 is 4.42 Å². The Morgan fingerprint density at radius 3 is 2.02 bits per heavy atom. The average molecular weight is 664 g/mol. The minimum Gasteiger partial charge on any atom is -0.456 e. The summed E-state index contributed by atoms with van der Waals surface area (Å²) in [6, 6.07) is 44.8. The van der Waals surface area contributed by atoms with Crippen LogP contribution in [0.1, 0.15) is 38.8 Å². The highest BCUT2D eigenvalue weighted by atomic mass is 32.1. The zero-order valence-electron chi connectivity index (χ0n) is 28.3. The van der Waals surface area contributed by atoms with E-state index in [0.29, 0.717) is 17.5 Å². The van der Waals surface area contributed by atoms with E-state index in [4.69, 9.17) is 19.4 Å². The van der Waals surface area contributed by atoms with Crippen molar-refractivity contribution in [2.24, 2.45) is 0 Å². The summed E-state index contributed by atoms with van der Waals surface area (Å²) in [5.41, 5.74) is 9.56. The lowest BCUT2D eigenvalue weighted by Gasteiger charge is -2.48. The van der Waals surface area contributed by atoms with Crippen molar-refractivity contribution in [1.29, 1.82) is 0 Å². The highest BCUT2D eigenvalue weighted by Gasteiger charge is 2.46. The quantitative estimate of drug-likeness (QED) is 0.189. The van der Waals surface area contributed by atoms with Gasteiger partial charge in [-0.3, -0.25) is 0 Å². The number of para-hydroxylation sites is 1. The first-order valence-electron chi connectivity index (χ1n) is 17.1. The molecule has 0 amide bonds. The number of aromatic nitrogens is 3. The smallest absolute Gasteiger partial charge is 0.164 e. The Morgan fingerprint density at radius 1 is 0.500 bits per heavy atom. The van der Waals surface area contributed by atoms with E-state index in [-0.39, 0.29) is 10.8 Å². The third-order valence-electron chi connectivity index (χ3n) is 11.3. The standard InChI is InChI=1S/C45H33N3OS/c1-44(2)33-24-23-29-28-15-9-11-20-37(28)50-40(29)39(33)30-22-21-27(25-34(30)45(44,3)4)42-46-41(26-13-6-5-7-14-26)47-43(48-42)32-17-12-19-36-38(32)31-16-8-10-18-35(31)49-36/h5-25H,1-4H3. The van der Waals surface area contributed by atoms with E-state index in [2.05, 4.69) is 107 Å². The molecule has 1 aliphatic rings. The van der Waals surface area contributed by atoms with E-state index < -0.39 is 0 Å². The van der Waals surface area contributed by atoms with Gasteiger partial charge in [0.15, 0.2) is 17.5 Å². The van der Waals surface area contributed by atoms with Crippen molar-refractivity contribution in [3.63, 3.8) is 0 Å². The van der Waals surface area contributed by atoms with Gasteiger partial charge in [-0.05, 0) is 51.8 Å². The van der Waals surface area contributed by atoms with Gasteiger partial charge in [-0.1, -0.05) is 131 Å². The largest absolute Gasteiger partial charge is 0.456 e. The summed E-state index contributed by atoms with van der Waals surface area (Å²) in [4.78, 5) is 15.5. The van der Waals surface area contributed by atoms with E-state index in [0.717, 1.165) is 38.6 Å². The van der Waals surface area contributed by atoms with Gasteiger partial charge in [0, 0.05) is 53.2 Å². The lowest BCUT2D eigenvalue weighted by Crippen LogP contribution is -2.43. The molecule has 0 bridgehead atoms. The zero-order valence-corrected chi connectivity index (χ0v) is 29.1. The van der Waals surface area contributed by atoms with Gasteiger partial charge in [0.1, 0.15) is 11.2 Å². The molecule has 0 unspecified atom stereocenters. The second-order valence-electron chi connectivity index (χ2n) is 14.4. The first kappa shape index (κ1) is 29.3. The van der Waals surface area contributed by atoms with E-state index in [9.17, 15) is 0 Å². The van der Waals surface area contributed by atoms with Crippen LogP contribution in [0.3, 0.4) is 0 Å². The number of furan rings is 1. The maximum Gasteiger partial charge on any atom is 0.164 e. The highest BCUT2D eigenvalue weighted by molar-refractivity contribution is 7.26. The molecule has 0 saturated heterocycles. The summed E-state index contributed by atoms with van der Waals surface area (Å²) in [6.07, 6.45) is 0. The molecule has 0 radical (unpaired) electrons. The molecular weight excluding hydrogens is 631 g/mol. The van der Waals surface area contributed by atoms with Crippen LogP contribution in [0.4, 0.5) is 0 Å².